The molecule has 0 spiro atoms. The molecule has 0 fully saturated rings. The maximum atomic E-state index is 13.9. The molecule has 0 saturated heterocycles. The third-order valence-corrected chi connectivity index (χ3v) is 3.98. The predicted octanol–water partition coefficient (Wildman–Crippen LogP) is 3.66. The lowest BCUT2D eigenvalue weighted by molar-refractivity contribution is -0.147. The van der Waals surface area contributed by atoms with Crippen molar-refractivity contribution in [2.75, 3.05) is 14.2 Å². The van der Waals surface area contributed by atoms with Crippen molar-refractivity contribution in [3.8, 4) is 11.5 Å². The Balaban J connectivity index is 2.23. The molecule has 1 unspecified atom stereocenters. The second-order valence-electron chi connectivity index (χ2n) is 6.39. The minimum absolute atomic E-state index is 0.0452. The Morgan fingerprint density at radius 3 is 2.25 bits per heavy atom. The Kier molecular flexibility index (Phi) is 7.37. The van der Waals surface area contributed by atoms with Crippen molar-refractivity contribution in [3.63, 3.8) is 0 Å². The molecule has 0 aromatic heterocycles. The number of hydrogen-bond donors (Lipinski definition) is 1. The molecule has 1 amide bonds. The van der Waals surface area contributed by atoms with Crippen LogP contribution in [0.4, 0.5) is 4.39 Å². The number of esters is 1. The summed E-state index contributed by atoms with van der Waals surface area (Å²) >= 11 is 0. The summed E-state index contributed by atoms with van der Waals surface area (Å²) in [5.74, 6) is -0.910. The van der Waals surface area contributed by atoms with Gasteiger partial charge < -0.3 is 19.5 Å². The number of halogens is 1. The van der Waals surface area contributed by atoms with E-state index in [1.165, 1.54) is 19.2 Å². The lowest BCUT2D eigenvalue weighted by Crippen LogP contribution is -2.31. The molecule has 1 atom stereocenters. The molecule has 2 aromatic rings. The number of carbonyl (C=O) groups excluding carboxylic acids is 2. The molecule has 0 heterocycles. The summed E-state index contributed by atoms with van der Waals surface area (Å²) in [5, 5.41) is 2.77. The lowest BCUT2D eigenvalue weighted by Gasteiger charge is -2.20. The van der Waals surface area contributed by atoms with Crippen LogP contribution < -0.4 is 14.8 Å². The van der Waals surface area contributed by atoms with Crippen molar-refractivity contribution in [1.29, 1.82) is 0 Å². The van der Waals surface area contributed by atoms with E-state index in [0.29, 0.717) is 11.3 Å². The molecule has 6 nitrogen and oxygen atoms in total. The van der Waals surface area contributed by atoms with Gasteiger partial charge in [0.25, 0.3) is 5.91 Å². The first-order valence-electron chi connectivity index (χ1n) is 8.82. The van der Waals surface area contributed by atoms with Crippen LogP contribution in [0, 0.1) is 5.82 Å². The van der Waals surface area contributed by atoms with E-state index in [1.807, 2.05) is 0 Å². The van der Waals surface area contributed by atoms with Crippen LogP contribution in [0.15, 0.2) is 42.5 Å². The van der Waals surface area contributed by atoms with Gasteiger partial charge >= 0.3 is 5.97 Å². The zero-order valence-corrected chi connectivity index (χ0v) is 16.3. The van der Waals surface area contributed by atoms with E-state index in [-0.39, 0.29) is 23.8 Å². The van der Waals surface area contributed by atoms with Gasteiger partial charge in [-0.2, -0.15) is 0 Å². The van der Waals surface area contributed by atoms with Crippen molar-refractivity contribution < 1.29 is 28.2 Å². The van der Waals surface area contributed by atoms with E-state index >= 15 is 0 Å². The molecule has 2 aromatic carbocycles. The van der Waals surface area contributed by atoms with Gasteiger partial charge in [0, 0.05) is 5.56 Å². The first-order valence-corrected chi connectivity index (χ1v) is 8.82. The summed E-state index contributed by atoms with van der Waals surface area (Å²) in [7, 11) is 2.89. The molecule has 0 aliphatic rings. The molecule has 1 N–H and O–H groups in total. The maximum absolute atomic E-state index is 13.9. The molecule has 0 saturated carbocycles. The summed E-state index contributed by atoms with van der Waals surface area (Å²) < 4.78 is 29.1. The summed E-state index contributed by atoms with van der Waals surface area (Å²) in [4.78, 5) is 24.8. The SMILES string of the molecule is COc1ccc(C(CC(=O)OC(C)C)NC(=O)c2ccc(OC)c(F)c2)cc1. The second kappa shape index (κ2) is 9.73. The summed E-state index contributed by atoms with van der Waals surface area (Å²) in [5.41, 5.74) is 0.817. The van der Waals surface area contributed by atoms with E-state index in [4.69, 9.17) is 14.2 Å². The number of carbonyl (C=O) groups is 2. The number of amides is 1. The van der Waals surface area contributed by atoms with Crippen molar-refractivity contribution in [1.82, 2.24) is 5.32 Å². The maximum Gasteiger partial charge on any atom is 0.308 e. The summed E-state index contributed by atoms with van der Waals surface area (Å²) in [6.45, 7) is 3.50. The van der Waals surface area contributed by atoms with Gasteiger partial charge in [0.15, 0.2) is 11.6 Å². The van der Waals surface area contributed by atoms with Gasteiger partial charge in [0.2, 0.25) is 0 Å². The van der Waals surface area contributed by atoms with Gasteiger partial charge in [-0.1, -0.05) is 12.1 Å². The van der Waals surface area contributed by atoms with Crippen LogP contribution >= 0.6 is 0 Å². The van der Waals surface area contributed by atoms with Crippen molar-refractivity contribution in [2.45, 2.75) is 32.4 Å². The topological polar surface area (TPSA) is 73.9 Å². The fourth-order valence-electron chi connectivity index (χ4n) is 2.62. The fraction of sp³-hybridized carbons (Fsp3) is 0.333. The summed E-state index contributed by atoms with van der Waals surface area (Å²) in [6.07, 6.45) is -0.329. The minimum Gasteiger partial charge on any atom is -0.497 e. The number of ether oxygens (including phenoxy) is 3. The Morgan fingerprint density at radius 1 is 1.04 bits per heavy atom. The second-order valence-corrected chi connectivity index (χ2v) is 6.39. The van der Waals surface area contributed by atoms with Gasteiger partial charge in [-0.05, 0) is 49.7 Å². The lowest BCUT2D eigenvalue weighted by atomic mass is 10.0. The number of methoxy groups -OCH3 is 2. The highest BCUT2D eigenvalue weighted by molar-refractivity contribution is 5.94. The average molecular weight is 389 g/mol. The predicted molar refractivity (Wildman–Crippen MR) is 102 cm³/mol. The standard InChI is InChI=1S/C21H24FNO5/c1-13(2)28-20(24)12-18(14-5-8-16(26-3)9-6-14)23-21(25)15-7-10-19(27-4)17(22)11-15/h5-11,13,18H,12H2,1-4H3,(H,23,25). The number of nitrogens with one attached hydrogen (secondary N) is 1. The molecule has 150 valence electrons. The Labute approximate surface area is 163 Å². The quantitative estimate of drug-likeness (QED) is 0.698. The Bertz CT molecular complexity index is 820. The van der Waals surface area contributed by atoms with Crippen LogP contribution in [-0.4, -0.2) is 32.2 Å². The molecule has 0 aliphatic carbocycles. The normalized spacial score (nSPS) is 11.6. The molecule has 0 bridgehead atoms. The van der Waals surface area contributed by atoms with Gasteiger partial charge in [-0.25, -0.2) is 4.39 Å². The molecule has 0 radical (unpaired) electrons. The van der Waals surface area contributed by atoms with Crippen LogP contribution in [0.5, 0.6) is 11.5 Å². The molecule has 2 rings (SSSR count). The van der Waals surface area contributed by atoms with E-state index in [0.717, 1.165) is 6.07 Å². The molecule has 0 aliphatic heterocycles. The number of benzene rings is 2. The fourth-order valence-corrected chi connectivity index (χ4v) is 2.62. The highest BCUT2D eigenvalue weighted by Crippen LogP contribution is 2.23. The van der Waals surface area contributed by atoms with Gasteiger partial charge in [0.05, 0.1) is 32.8 Å². The number of hydrogen-bond acceptors (Lipinski definition) is 5. The first-order chi connectivity index (χ1) is 13.3. The molecular weight excluding hydrogens is 365 g/mol. The van der Waals surface area contributed by atoms with Gasteiger partial charge in [0.1, 0.15) is 5.75 Å². The van der Waals surface area contributed by atoms with Crippen molar-refractivity contribution in [2.24, 2.45) is 0 Å². The van der Waals surface area contributed by atoms with Crippen LogP contribution in [0.2, 0.25) is 0 Å². The van der Waals surface area contributed by atoms with E-state index in [1.54, 1.807) is 45.2 Å². The van der Waals surface area contributed by atoms with E-state index in [2.05, 4.69) is 5.32 Å². The van der Waals surface area contributed by atoms with E-state index < -0.39 is 23.7 Å². The van der Waals surface area contributed by atoms with Crippen LogP contribution in [0.25, 0.3) is 0 Å². The van der Waals surface area contributed by atoms with E-state index in [9.17, 15) is 14.0 Å². The molecule has 28 heavy (non-hydrogen) atoms. The zero-order valence-electron chi connectivity index (χ0n) is 16.3. The van der Waals surface area contributed by atoms with Gasteiger partial charge in [-0.3, -0.25) is 9.59 Å². The zero-order chi connectivity index (χ0) is 20.7. The third kappa shape index (κ3) is 5.70. The highest BCUT2D eigenvalue weighted by atomic mass is 19.1. The summed E-state index contributed by atoms with van der Waals surface area (Å²) in [6, 6.07) is 10.2. The highest BCUT2D eigenvalue weighted by Gasteiger charge is 2.21. The monoisotopic (exact) mass is 389 g/mol. The van der Waals surface area contributed by atoms with Crippen molar-refractivity contribution in [3.05, 3.63) is 59.4 Å². The van der Waals surface area contributed by atoms with Crippen LogP contribution in [0.1, 0.15) is 42.2 Å². The number of rotatable bonds is 8. The van der Waals surface area contributed by atoms with Crippen LogP contribution in [0.3, 0.4) is 0 Å². The average Bonchev–Trinajstić information content (AvgIpc) is 2.66. The van der Waals surface area contributed by atoms with Gasteiger partial charge in [-0.15, -0.1) is 0 Å². The minimum atomic E-state index is -0.644. The third-order valence-electron chi connectivity index (χ3n) is 3.98. The largest absolute Gasteiger partial charge is 0.497 e. The van der Waals surface area contributed by atoms with Crippen molar-refractivity contribution >= 4 is 11.9 Å². The molecular formula is C21H24FNO5. The smallest absolute Gasteiger partial charge is 0.308 e. The Hall–Kier alpha value is -3.09. The first kappa shape index (κ1) is 21.2. The molecule has 7 heteroatoms. The van der Waals surface area contributed by atoms with Crippen LogP contribution in [-0.2, 0) is 9.53 Å². The Morgan fingerprint density at radius 2 is 1.71 bits per heavy atom.